The number of likely N-dealkylation sites (N-methyl/N-ethyl adjacent to an activating group) is 1. The molecule has 2 aromatic rings. The van der Waals surface area contributed by atoms with Gasteiger partial charge in [-0.25, -0.2) is 0 Å². The van der Waals surface area contributed by atoms with Crippen molar-refractivity contribution in [2.45, 2.75) is 6.42 Å². The molecule has 98 valence electrons. The Morgan fingerprint density at radius 3 is 2.74 bits per heavy atom. The number of hydrogen-bond acceptors (Lipinski definition) is 4. The molecule has 1 aromatic carbocycles. The molecule has 2 heterocycles. The number of benzene rings is 1. The van der Waals surface area contributed by atoms with E-state index >= 15 is 0 Å². The van der Waals surface area contributed by atoms with Crippen molar-refractivity contribution >= 4 is 11.5 Å². The van der Waals surface area contributed by atoms with Gasteiger partial charge in [0.25, 0.3) is 0 Å². The lowest BCUT2D eigenvalue weighted by Gasteiger charge is -2.21. The first-order valence-electron chi connectivity index (χ1n) is 6.44. The summed E-state index contributed by atoms with van der Waals surface area (Å²) in [5, 5.41) is 4.13. The fraction of sp³-hybridized carbons (Fsp3) is 0.267. The van der Waals surface area contributed by atoms with Crippen molar-refractivity contribution in [2.24, 2.45) is 0 Å². The Labute approximate surface area is 112 Å². The van der Waals surface area contributed by atoms with Crippen LogP contribution in [0.2, 0.25) is 0 Å². The third kappa shape index (κ3) is 2.27. The maximum atomic E-state index is 5.96. The number of nitrogens with zero attached hydrogens (tertiary/aromatic N) is 2. The first-order chi connectivity index (χ1) is 9.25. The summed E-state index contributed by atoms with van der Waals surface area (Å²) < 4.78 is 5.20. The van der Waals surface area contributed by atoms with Gasteiger partial charge in [0.15, 0.2) is 0 Å². The van der Waals surface area contributed by atoms with Gasteiger partial charge in [-0.3, -0.25) is 0 Å². The maximum Gasteiger partial charge on any atom is 0.230 e. The van der Waals surface area contributed by atoms with Crippen LogP contribution in [0.25, 0.3) is 16.8 Å². The van der Waals surface area contributed by atoms with Gasteiger partial charge in [-0.15, -0.1) is 0 Å². The van der Waals surface area contributed by atoms with Gasteiger partial charge in [0, 0.05) is 18.7 Å². The molecule has 0 bridgehead atoms. The predicted molar refractivity (Wildman–Crippen MR) is 76.4 cm³/mol. The lowest BCUT2D eigenvalue weighted by Crippen LogP contribution is -2.23. The Hall–Kier alpha value is -2.07. The summed E-state index contributed by atoms with van der Waals surface area (Å²) in [6.45, 7) is 1.97. The molecule has 0 saturated heterocycles. The smallest absolute Gasteiger partial charge is 0.230 e. The Bertz CT molecular complexity index is 601. The zero-order valence-corrected chi connectivity index (χ0v) is 11.0. The maximum absolute atomic E-state index is 5.96. The van der Waals surface area contributed by atoms with Gasteiger partial charge in [-0.1, -0.05) is 41.6 Å². The van der Waals surface area contributed by atoms with E-state index in [9.17, 15) is 0 Å². The second-order valence-corrected chi connectivity index (χ2v) is 4.88. The summed E-state index contributed by atoms with van der Waals surface area (Å²) in [5.41, 5.74) is 10.0. The van der Waals surface area contributed by atoms with Crippen LogP contribution in [-0.4, -0.2) is 30.2 Å². The largest absolute Gasteiger partial charge is 0.367 e. The summed E-state index contributed by atoms with van der Waals surface area (Å²) in [6, 6.07) is 10.0. The fourth-order valence-corrected chi connectivity index (χ4v) is 2.40. The van der Waals surface area contributed by atoms with E-state index in [1.165, 1.54) is 5.57 Å². The van der Waals surface area contributed by atoms with Crippen molar-refractivity contribution in [2.75, 3.05) is 25.9 Å². The number of hydrogen-bond donors (Lipinski definition) is 1. The van der Waals surface area contributed by atoms with Crippen LogP contribution >= 0.6 is 0 Å². The summed E-state index contributed by atoms with van der Waals surface area (Å²) in [6.07, 6.45) is 3.18. The van der Waals surface area contributed by atoms with Crippen LogP contribution in [0.3, 0.4) is 0 Å². The summed E-state index contributed by atoms with van der Waals surface area (Å²) >= 11 is 0. The molecule has 2 N–H and O–H groups in total. The Morgan fingerprint density at radius 1 is 1.26 bits per heavy atom. The lowest BCUT2D eigenvalue weighted by molar-refractivity contribution is 0.370. The van der Waals surface area contributed by atoms with Gasteiger partial charge in [0.1, 0.15) is 5.69 Å². The number of nitrogens with two attached hydrogens (primary N) is 1. The van der Waals surface area contributed by atoms with Crippen molar-refractivity contribution in [1.29, 1.82) is 0 Å². The minimum Gasteiger partial charge on any atom is -0.367 e. The molecule has 0 aliphatic carbocycles. The molecule has 0 fully saturated rings. The SMILES string of the molecule is CN1CC=C(c2c(-c3ccccc3)noc2N)CC1. The third-order valence-electron chi connectivity index (χ3n) is 3.50. The monoisotopic (exact) mass is 255 g/mol. The van der Waals surface area contributed by atoms with E-state index in [1.54, 1.807) is 0 Å². The van der Waals surface area contributed by atoms with Crippen molar-refractivity contribution < 1.29 is 4.52 Å². The zero-order chi connectivity index (χ0) is 13.2. The lowest BCUT2D eigenvalue weighted by atomic mass is 9.96. The molecule has 1 aliphatic rings. The Morgan fingerprint density at radius 2 is 2.05 bits per heavy atom. The molecule has 4 nitrogen and oxygen atoms in total. The van der Waals surface area contributed by atoms with Crippen LogP contribution in [0, 0.1) is 0 Å². The molecule has 1 aromatic heterocycles. The molecular weight excluding hydrogens is 238 g/mol. The van der Waals surface area contributed by atoms with E-state index in [4.69, 9.17) is 10.3 Å². The van der Waals surface area contributed by atoms with Gasteiger partial charge in [-0.2, -0.15) is 0 Å². The fourth-order valence-electron chi connectivity index (χ4n) is 2.40. The van der Waals surface area contributed by atoms with Crippen LogP contribution in [-0.2, 0) is 0 Å². The summed E-state index contributed by atoms with van der Waals surface area (Å²) in [4.78, 5) is 2.27. The van der Waals surface area contributed by atoms with Gasteiger partial charge < -0.3 is 15.2 Å². The molecule has 0 unspecified atom stereocenters. The van der Waals surface area contributed by atoms with E-state index in [0.29, 0.717) is 5.88 Å². The van der Waals surface area contributed by atoms with Crippen LogP contribution < -0.4 is 5.73 Å². The molecule has 0 spiro atoms. The normalized spacial score (nSPS) is 16.4. The second kappa shape index (κ2) is 4.90. The van der Waals surface area contributed by atoms with E-state index in [1.807, 2.05) is 30.3 Å². The number of rotatable bonds is 2. The second-order valence-electron chi connectivity index (χ2n) is 4.88. The van der Waals surface area contributed by atoms with Crippen LogP contribution in [0.5, 0.6) is 0 Å². The molecule has 3 rings (SSSR count). The van der Waals surface area contributed by atoms with Crippen molar-refractivity contribution in [3.8, 4) is 11.3 Å². The molecule has 19 heavy (non-hydrogen) atoms. The van der Waals surface area contributed by atoms with Gasteiger partial charge in [-0.05, 0) is 19.0 Å². The Kier molecular flexibility index (Phi) is 3.09. The number of aromatic nitrogens is 1. The van der Waals surface area contributed by atoms with Gasteiger partial charge in [0.2, 0.25) is 5.88 Å². The van der Waals surface area contributed by atoms with Gasteiger partial charge in [0.05, 0.1) is 5.56 Å². The molecule has 0 radical (unpaired) electrons. The van der Waals surface area contributed by atoms with E-state index in [2.05, 4.69) is 23.2 Å². The molecule has 0 saturated carbocycles. The molecule has 1 aliphatic heterocycles. The third-order valence-corrected chi connectivity index (χ3v) is 3.50. The topological polar surface area (TPSA) is 55.3 Å². The highest BCUT2D eigenvalue weighted by atomic mass is 16.5. The molecule has 0 atom stereocenters. The van der Waals surface area contributed by atoms with Crippen molar-refractivity contribution in [1.82, 2.24) is 10.1 Å². The van der Waals surface area contributed by atoms with Crippen molar-refractivity contribution in [3.63, 3.8) is 0 Å². The highest BCUT2D eigenvalue weighted by molar-refractivity contribution is 5.84. The highest BCUT2D eigenvalue weighted by Crippen LogP contribution is 2.35. The zero-order valence-electron chi connectivity index (χ0n) is 11.0. The van der Waals surface area contributed by atoms with E-state index < -0.39 is 0 Å². The van der Waals surface area contributed by atoms with Gasteiger partial charge >= 0.3 is 0 Å². The quantitative estimate of drug-likeness (QED) is 0.896. The van der Waals surface area contributed by atoms with Crippen molar-refractivity contribution in [3.05, 3.63) is 42.0 Å². The minimum absolute atomic E-state index is 0.412. The summed E-state index contributed by atoms with van der Waals surface area (Å²) in [5.74, 6) is 0.412. The predicted octanol–water partition coefficient (Wildman–Crippen LogP) is 2.64. The van der Waals surface area contributed by atoms with E-state index in [0.717, 1.165) is 36.3 Å². The van der Waals surface area contributed by atoms with Crippen LogP contribution in [0.15, 0.2) is 40.9 Å². The average Bonchev–Trinajstić information content (AvgIpc) is 2.83. The molecule has 0 amide bonds. The van der Waals surface area contributed by atoms with E-state index in [-0.39, 0.29) is 0 Å². The molecular formula is C15H17N3O. The minimum atomic E-state index is 0.412. The first kappa shape index (κ1) is 12.0. The average molecular weight is 255 g/mol. The standard InChI is InChI=1S/C15H17N3O/c1-18-9-7-11(8-10-18)13-14(17-19-15(13)16)12-5-3-2-4-6-12/h2-7H,8-10,16H2,1H3. The number of nitrogen functional groups attached to an aromatic ring is 1. The highest BCUT2D eigenvalue weighted by Gasteiger charge is 2.21. The first-order valence-corrected chi connectivity index (χ1v) is 6.44. The Balaban J connectivity index is 2.05. The number of anilines is 1. The van der Waals surface area contributed by atoms with Crippen LogP contribution in [0.4, 0.5) is 5.88 Å². The van der Waals surface area contributed by atoms with Crippen LogP contribution in [0.1, 0.15) is 12.0 Å². The summed E-state index contributed by atoms with van der Waals surface area (Å²) in [7, 11) is 2.11. The molecule has 4 heteroatoms.